The van der Waals surface area contributed by atoms with E-state index in [4.69, 9.17) is 33.2 Å². The van der Waals surface area contributed by atoms with Crippen molar-refractivity contribution in [2.45, 2.75) is 6.61 Å². The van der Waals surface area contributed by atoms with Gasteiger partial charge in [-0.05, 0) is 18.2 Å². The van der Waals surface area contributed by atoms with Crippen LogP contribution >= 0.6 is 23.2 Å². The molecule has 106 valence electrons. The predicted molar refractivity (Wildman–Crippen MR) is 78.6 cm³/mol. The first kappa shape index (κ1) is 15.1. The van der Waals surface area contributed by atoms with Crippen LogP contribution in [0.1, 0.15) is 11.1 Å². The van der Waals surface area contributed by atoms with Crippen LogP contribution < -0.4 is 4.74 Å². The molecule has 2 aromatic rings. The van der Waals surface area contributed by atoms with E-state index in [2.05, 4.69) is 0 Å². The highest BCUT2D eigenvalue weighted by atomic mass is 35.5. The van der Waals surface area contributed by atoms with Gasteiger partial charge >= 0.3 is 0 Å². The molecule has 0 N–H and O–H groups in total. The van der Waals surface area contributed by atoms with E-state index in [1.807, 2.05) is 6.07 Å². The Hall–Kier alpha value is -2.29. The Morgan fingerprint density at radius 3 is 2.43 bits per heavy atom. The highest BCUT2D eigenvalue weighted by Gasteiger charge is 2.15. The fraction of sp³-hybridized carbons (Fsp3) is 0.0714. The zero-order chi connectivity index (χ0) is 15.4. The van der Waals surface area contributed by atoms with Gasteiger partial charge in [-0.2, -0.15) is 5.26 Å². The van der Waals surface area contributed by atoms with Gasteiger partial charge in [0.25, 0.3) is 5.69 Å². The Balaban J connectivity index is 2.26. The molecule has 0 aliphatic rings. The van der Waals surface area contributed by atoms with E-state index in [0.29, 0.717) is 11.1 Å². The van der Waals surface area contributed by atoms with Gasteiger partial charge in [-0.1, -0.05) is 35.3 Å². The number of para-hydroxylation sites is 1. The van der Waals surface area contributed by atoms with Gasteiger partial charge in [0, 0.05) is 6.07 Å². The average molecular weight is 323 g/mol. The maximum absolute atomic E-state index is 10.9. The molecule has 0 aliphatic heterocycles. The van der Waals surface area contributed by atoms with Crippen LogP contribution in [0.4, 0.5) is 5.69 Å². The molecule has 2 rings (SSSR count). The Kier molecular flexibility index (Phi) is 4.63. The number of nitro benzene ring substituents is 1. The van der Waals surface area contributed by atoms with Crippen LogP contribution in [0.3, 0.4) is 0 Å². The molecular formula is C14H8Cl2N2O3. The standard InChI is InChI=1S/C14H8Cl2N2O3/c15-11-5-9(7-17)6-12(16)14(11)21-8-10-3-1-2-4-13(10)18(19)20/h1-6H,8H2. The Morgan fingerprint density at radius 2 is 1.86 bits per heavy atom. The lowest BCUT2D eigenvalue weighted by Crippen LogP contribution is -2.01. The van der Waals surface area contributed by atoms with Crippen LogP contribution in [0.5, 0.6) is 5.75 Å². The van der Waals surface area contributed by atoms with Crippen molar-refractivity contribution in [3.05, 3.63) is 67.7 Å². The summed E-state index contributed by atoms with van der Waals surface area (Å²) in [5, 5.41) is 20.1. The summed E-state index contributed by atoms with van der Waals surface area (Å²) in [6.07, 6.45) is 0. The summed E-state index contributed by atoms with van der Waals surface area (Å²) in [6.45, 7) is -0.0531. The number of rotatable bonds is 4. The van der Waals surface area contributed by atoms with Gasteiger partial charge in [0.15, 0.2) is 5.75 Å². The predicted octanol–water partition coefficient (Wildman–Crippen LogP) is 4.35. The van der Waals surface area contributed by atoms with Gasteiger partial charge in [-0.25, -0.2) is 0 Å². The molecule has 0 bridgehead atoms. The van der Waals surface area contributed by atoms with E-state index in [1.165, 1.54) is 18.2 Å². The summed E-state index contributed by atoms with van der Waals surface area (Å²) in [7, 11) is 0. The number of nitrogens with zero attached hydrogens (tertiary/aromatic N) is 2. The summed E-state index contributed by atoms with van der Waals surface area (Å²) in [5.41, 5.74) is 0.667. The first-order valence-electron chi connectivity index (χ1n) is 5.77. The molecule has 0 spiro atoms. The van der Waals surface area contributed by atoms with Crippen molar-refractivity contribution in [2.75, 3.05) is 0 Å². The lowest BCUT2D eigenvalue weighted by molar-refractivity contribution is -0.385. The third-order valence-electron chi connectivity index (χ3n) is 2.69. The van der Waals surface area contributed by atoms with Gasteiger partial charge < -0.3 is 4.74 Å². The van der Waals surface area contributed by atoms with Crippen LogP contribution in [-0.2, 0) is 6.61 Å². The van der Waals surface area contributed by atoms with Crippen LogP contribution in [0.25, 0.3) is 0 Å². The van der Waals surface area contributed by atoms with Gasteiger partial charge in [0.1, 0.15) is 6.61 Å². The second-order valence-electron chi connectivity index (χ2n) is 4.06. The third kappa shape index (κ3) is 3.43. The maximum Gasteiger partial charge on any atom is 0.276 e. The molecule has 0 heterocycles. The number of ether oxygens (including phenoxy) is 1. The van der Waals surface area contributed by atoms with E-state index in [0.717, 1.165) is 0 Å². The molecule has 0 saturated heterocycles. The molecule has 0 aromatic heterocycles. The Bertz CT molecular complexity index is 718. The molecule has 0 fully saturated rings. The van der Waals surface area contributed by atoms with E-state index in [9.17, 15) is 10.1 Å². The van der Waals surface area contributed by atoms with Gasteiger partial charge in [-0.15, -0.1) is 0 Å². The molecule has 0 radical (unpaired) electrons. The minimum Gasteiger partial charge on any atom is -0.486 e. The SMILES string of the molecule is N#Cc1cc(Cl)c(OCc2ccccc2[N+](=O)[O-])c(Cl)c1. The summed E-state index contributed by atoms with van der Waals surface area (Å²) < 4.78 is 5.47. The highest BCUT2D eigenvalue weighted by Crippen LogP contribution is 2.35. The van der Waals surface area contributed by atoms with Crippen molar-refractivity contribution in [1.29, 1.82) is 5.26 Å². The number of hydrogen-bond donors (Lipinski definition) is 0. The molecule has 7 heteroatoms. The monoisotopic (exact) mass is 322 g/mol. The van der Waals surface area contributed by atoms with Crippen molar-refractivity contribution in [1.82, 2.24) is 0 Å². The van der Waals surface area contributed by atoms with Crippen molar-refractivity contribution < 1.29 is 9.66 Å². The fourth-order valence-corrected chi connectivity index (χ4v) is 2.32. The minimum atomic E-state index is -0.485. The quantitative estimate of drug-likeness (QED) is 0.619. The Labute approximate surface area is 130 Å². The topological polar surface area (TPSA) is 76.2 Å². The molecule has 5 nitrogen and oxygen atoms in total. The smallest absolute Gasteiger partial charge is 0.276 e. The number of nitriles is 1. The van der Waals surface area contributed by atoms with Crippen molar-refractivity contribution >= 4 is 28.9 Å². The van der Waals surface area contributed by atoms with Crippen LogP contribution in [0.15, 0.2) is 36.4 Å². The summed E-state index contributed by atoms with van der Waals surface area (Å²) in [4.78, 5) is 10.4. The molecule has 0 saturated carbocycles. The largest absolute Gasteiger partial charge is 0.486 e. The minimum absolute atomic E-state index is 0.0432. The second kappa shape index (κ2) is 6.44. The fourth-order valence-electron chi connectivity index (χ4n) is 1.72. The summed E-state index contributed by atoms with van der Waals surface area (Å²) >= 11 is 12.0. The molecule has 0 unspecified atom stereocenters. The van der Waals surface area contributed by atoms with E-state index >= 15 is 0 Å². The van der Waals surface area contributed by atoms with Crippen molar-refractivity contribution in [3.8, 4) is 11.8 Å². The van der Waals surface area contributed by atoms with E-state index in [1.54, 1.807) is 18.2 Å². The first-order chi connectivity index (χ1) is 10.0. The Morgan fingerprint density at radius 1 is 1.24 bits per heavy atom. The number of benzene rings is 2. The molecule has 21 heavy (non-hydrogen) atoms. The third-order valence-corrected chi connectivity index (χ3v) is 3.25. The number of hydrogen-bond acceptors (Lipinski definition) is 4. The molecular weight excluding hydrogens is 315 g/mol. The van der Waals surface area contributed by atoms with Gasteiger partial charge in [0.05, 0.1) is 32.2 Å². The van der Waals surface area contributed by atoms with Crippen molar-refractivity contribution in [3.63, 3.8) is 0 Å². The van der Waals surface area contributed by atoms with Gasteiger partial charge in [0.2, 0.25) is 0 Å². The zero-order valence-corrected chi connectivity index (χ0v) is 12.1. The normalized spacial score (nSPS) is 9.95. The summed E-state index contributed by atoms with van der Waals surface area (Å²) in [5.74, 6) is 0.190. The average Bonchev–Trinajstić information content (AvgIpc) is 2.46. The summed E-state index contributed by atoms with van der Waals surface area (Å²) in [6, 6.07) is 11.0. The van der Waals surface area contributed by atoms with Crippen LogP contribution in [0.2, 0.25) is 10.0 Å². The first-order valence-corrected chi connectivity index (χ1v) is 6.52. The number of halogens is 2. The van der Waals surface area contributed by atoms with Crippen LogP contribution in [0, 0.1) is 21.4 Å². The van der Waals surface area contributed by atoms with Gasteiger partial charge in [-0.3, -0.25) is 10.1 Å². The lowest BCUT2D eigenvalue weighted by Gasteiger charge is -2.10. The zero-order valence-electron chi connectivity index (χ0n) is 10.5. The molecule has 0 aliphatic carbocycles. The highest BCUT2D eigenvalue weighted by molar-refractivity contribution is 6.37. The second-order valence-corrected chi connectivity index (χ2v) is 4.87. The molecule has 0 atom stereocenters. The van der Waals surface area contributed by atoms with Crippen LogP contribution in [-0.4, -0.2) is 4.92 Å². The van der Waals surface area contributed by atoms with Crippen molar-refractivity contribution in [2.24, 2.45) is 0 Å². The number of nitro groups is 1. The lowest BCUT2D eigenvalue weighted by atomic mass is 10.2. The van der Waals surface area contributed by atoms with E-state index in [-0.39, 0.29) is 28.1 Å². The maximum atomic E-state index is 10.9. The molecule has 2 aromatic carbocycles. The van der Waals surface area contributed by atoms with E-state index < -0.39 is 4.92 Å². The molecule has 0 amide bonds.